The first-order chi connectivity index (χ1) is 8.23. The molecule has 0 fully saturated rings. The third-order valence-electron chi connectivity index (χ3n) is 2.69. The maximum atomic E-state index is 12.1. The number of aliphatic hydroxyl groups excluding tert-OH is 1. The summed E-state index contributed by atoms with van der Waals surface area (Å²) in [5, 5.41) is 9.84. The van der Waals surface area contributed by atoms with Gasteiger partial charge in [-0.2, -0.15) is 0 Å². The summed E-state index contributed by atoms with van der Waals surface area (Å²) in [6, 6.07) is 0. The van der Waals surface area contributed by atoms with Crippen LogP contribution >= 0.6 is 0 Å². The minimum absolute atomic E-state index is 0.0714. The molecule has 0 spiro atoms. The van der Waals surface area contributed by atoms with Crippen LogP contribution in [0.25, 0.3) is 0 Å². The number of hydrogen-bond acceptors (Lipinski definition) is 3. The molecule has 4 nitrogen and oxygen atoms in total. The maximum Gasteiger partial charge on any atom is 0.311 e. The van der Waals surface area contributed by atoms with Crippen LogP contribution in [0.4, 0.5) is 0 Å². The van der Waals surface area contributed by atoms with E-state index in [0.717, 1.165) is 6.42 Å². The molecule has 0 aromatic heterocycles. The first-order valence-corrected chi connectivity index (χ1v) is 6.89. The topological polar surface area (TPSA) is 46.5 Å². The summed E-state index contributed by atoms with van der Waals surface area (Å²) < 4.78 is 5.90. The molecule has 0 heterocycles. The molecular formula is C15H32NO3+. The molecule has 0 amide bonds. The van der Waals surface area contributed by atoms with Gasteiger partial charge in [0.15, 0.2) is 0 Å². The number of carbonyl (C=O) groups excluding carboxylic acids is 1. The van der Waals surface area contributed by atoms with Gasteiger partial charge in [0.25, 0.3) is 0 Å². The maximum absolute atomic E-state index is 12.1. The average molecular weight is 274 g/mol. The molecule has 1 atom stereocenters. The zero-order valence-corrected chi connectivity index (χ0v) is 13.9. The van der Waals surface area contributed by atoms with Gasteiger partial charge in [0.1, 0.15) is 19.3 Å². The van der Waals surface area contributed by atoms with Crippen molar-refractivity contribution in [1.29, 1.82) is 0 Å². The summed E-state index contributed by atoms with van der Waals surface area (Å²) in [5.41, 5.74) is -0.446. The summed E-state index contributed by atoms with van der Waals surface area (Å²) in [5.74, 6) is -0.233. The zero-order chi connectivity index (χ0) is 15.5. The Kier molecular flexibility index (Phi) is 6.03. The molecule has 0 aliphatic heterocycles. The van der Waals surface area contributed by atoms with Crippen molar-refractivity contribution < 1.29 is 19.1 Å². The van der Waals surface area contributed by atoms with E-state index in [0.29, 0.717) is 11.0 Å². The van der Waals surface area contributed by atoms with Gasteiger partial charge in [-0.05, 0) is 25.7 Å². The number of hydrogen-bond donors (Lipinski definition) is 1. The Morgan fingerprint density at radius 2 is 1.63 bits per heavy atom. The Morgan fingerprint density at radius 3 is 2.00 bits per heavy atom. The quantitative estimate of drug-likeness (QED) is 0.596. The highest BCUT2D eigenvalue weighted by Crippen LogP contribution is 2.34. The van der Waals surface area contributed by atoms with Crippen LogP contribution in [-0.4, -0.2) is 56.0 Å². The van der Waals surface area contributed by atoms with E-state index in [2.05, 4.69) is 20.8 Å². The van der Waals surface area contributed by atoms with Gasteiger partial charge in [-0.15, -0.1) is 0 Å². The number of nitrogens with zero attached hydrogens (tertiary/aromatic N) is 1. The Balaban J connectivity index is 4.31. The van der Waals surface area contributed by atoms with E-state index < -0.39 is 11.5 Å². The van der Waals surface area contributed by atoms with E-state index in [-0.39, 0.29) is 18.0 Å². The van der Waals surface area contributed by atoms with Crippen molar-refractivity contribution in [3.63, 3.8) is 0 Å². The van der Waals surface area contributed by atoms with E-state index in [1.54, 1.807) is 0 Å². The number of likely N-dealkylation sites (N-methyl/N-ethyl adjacent to an activating group) is 1. The van der Waals surface area contributed by atoms with Gasteiger partial charge in [0.2, 0.25) is 0 Å². The predicted molar refractivity (Wildman–Crippen MR) is 77.7 cm³/mol. The minimum atomic E-state index is -0.616. The molecule has 0 aliphatic carbocycles. The molecule has 0 aliphatic rings. The number of aliphatic hydroxyl groups is 1. The second-order valence-corrected chi connectivity index (χ2v) is 8.35. The Morgan fingerprint density at radius 1 is 1.16 bits per heavy atom. The van der Waals surface area contributed by atoms with E-state index in [9.17, 15) is 9.90 Å². The van der Waals surface area contributed by atoms with Crippen LogP contribution in [0.2, 0.25) is 0 Å². The first-order valence-electron chi connectivity index (χ1n) is 6.89. The smallest absolute Gasteiger partial charge is 0.311 e. The zero-order valence-electron chi connectivity index (χ0n) is 13.9. The normalized spacial score (nSPS) is 15.2. The van der Waals surface area contributed by atoms with Crippen LogP contribution in [0.1, 0.15) is 41.0 Å². The highest BCUT2D eigenvalue weighted by molar-refractivity contribution is 5.75. The summed E-state index contributed by atoms with van der Waals surface area (Å²) in [6.07, 6.45) is 0.138. The third kappa shape index (κ3) is 9.00. The number of carbonyl (C=O) groups is 1. The van der Waals surface area contributed by atoms with E-state index in [4.69, 9.17) is 4.74 Å². The fourth-order valence-corrected chi connectivity index (χ4v) is 2.45. The third-order valence-corrected chi connectivity index (χ3v) is 2.69. The highest BCUT2D eigenvalue weighted by atomic mass is 16.5. The van der Waals surface area contributed by atoms with Crippen molar-refractivity contribution in [2.75, 3.05) is 34.3 Å². The largest absolute Gasteiger partial charge is 0.462 e. The molecule has 1 N–H and O–H groups in total. The molecule has 0 radical (unpaired) electrons. The molecule has 0 saturated carbocycles. The summed E-state index contributed by atoms with van der Waals surface area (Å²) >= 11 is 0. The summed E-state index contributed by atoms with van der Waals surface area (Å²) in [7, 11) is 5.98. The van der Waals surface area contributed by atoms with Crippen LogP contribution in [0.5, 0.6) is 0 Å². The minimum Gasteiger partial charge on any atom is -0.462 e. The molecule has 114 valence electrons. The summed E-state index contributed by atoms with van der Waals surface area (Å²) in [4.78, 5) is 12.1. The van der Waals surface area contributed by atoms with Crippen LogP contribution in [-0.2, 0) is 9.53 Å². The Labute approximate surface area is 118 Å². The lowest BCUT2D eigenvalue weighted by Crippen LogP contribution is -2.43. The van der Waals surface area contributed by atoms with Crippen LogP contribution in [0, 0.1) is 10.8 Å². The monoisotopic (exact) mass is 274 g/mol. The molecule has 0 aromatic carbocycles. The van der Waals surface area contributed by atoms with Gasteiger partial charge in [0, 0.05) is 0 Å². The summed E-state index contributed by atoms with van der Waals surface area (Å²) in [6.45, 7) is 10.7. The highest BCUT2D eigenvalue weighted by Gasteiger charge is 2.34. The fraction of sp³-hybridized carbons (Fsp3) is 0.933. The van der Waals surface area contributed by atoms with Crippen molar-refractivity contribution in [2.45, 2.75) is 47.1 Å². The molecule has 19 heavy (non-hydrogen) atoms. The van der Waals surface area contributed by atoms with Gasteiger partial charge >= 0.3 is 5.97 Å². The van der Waals surface area contributed by atoms with Gasteiger partial charge in [-0.25, -0.2) is 0 Å². The fourth-order valence-electron chi connectivity index (χ4n) is 2.45. The van der Waals surface area contributed by atoms with Gasteiger partial charge < -0.3 is 14.3 Å². The van der Waals surface area contributed by atoms with Crippen molar-refractivity contribution in [3.8, 4) is 0 Å². The van der Waals surface area contributed by atoms with Gasteiger partial charge in [0.05, 0.1) is 26.6 Å². The SMILES string of the molecule is CC(C)(C)CC(C)(C)C(=O)OCC(O)C[N+](C)(C)C. The van der Waals surface area contributed by atoms with E-state index in [1.807, 2.05) is 35.0 Å². The number of quaternary nitrogens is 1. The van der Waals surface area contributed by atoms with E-state index in [1.165, 1.54) is 0 Å². The van der Waals surface area contributed by atoms with Gasteiger partial charge in [-0.1, -0.05) is 20.8 Å². The van der Waals surface area contributed by atoms with Crippen LogP contribution in [0.3, 0.4) is 0 Å². The lowest BCUT2D eigenvalue weighted by atomic mass is 9.76. The molecular weight excluding hydrogens is 242 g/mol. The number of esters is 1. The van der Waals surface area contributed by atoms with Crippen molar-refractivity contribution in [3.05, 3.63) is 0 Å². The lowest BCUT2D eigenvalue weighted by Gasteiger charge is -2.31. The number of ether oxygens (including phenoxy) is 1. The Bertz CT molecular complexity index is 297. The van der Waals surface area contributed by atoms with Crippen molar-refractivity contribution >= 4 is 5.97 Å². The van der Waals surface area contributed by atoms with Crippen LogP contribution in [0.15, 0.2) is 0 Å². The molecule has 0 saturated heterocycles. The molecule has 4 heteroatoms. The second-order valence-electron chi connectivity index (χ2n) is 8.35. The molecule has 0 bridgehead atoms. The first kappa shape index (κ1) is 18.4. The molecule has 0 rings (SSSR count). The Hall–Kier alpha value is -0.610. The van der Waals surface area contributed by atoms with Crippen molar-refractivity contribution in [1.82, 2.24) is 0 Å². The standard InChI is InChI=1S/C15H32NO3/c1-14(2,3)11-15(4,5)13(18)19-10-12(17)9-16(6,7)8/h12,17H,9-11H2,1-8H3/q+1. The second kappa shape index (κ2) is 6.23. The predicted octanol–water partition coefficient (Wildman–Crippen LogP) is 2.06. The molecule has 0 aromatic rings. The van der Waals surface area contributed by atoms with Gasteiger partial charge in [-0.3, -0.25) is 4.79 Å². The number of rotatable bonds is 6. The van der Waals surface area contributed by atoms with Crippen molar-refractivity contribution in [2.24, 2.45) is 10.8 Å². The van der Waals surface area contributed by atoms with E-state index >= 15 is 0 Å². The molecule has 1 unspecified atom stereocenters. The average Bonchev–Trinajstić information content (AvgIpc) is 2.06. The lowest BCUT2D eigenvalue weighted by molar-refractivity contribution is -0.873. The van der Waals surface area contributed by atoms with Crippen LogP contribution < -0.4 is 0 Å².